The molecule has 2 aromatic rings. The van der Waals surface area contributed by atoms with Crippen molar-refractivity contribution in [3.8, 4) is 17.2 Å². The Morgan fingerprint density at radius 1 is 1.24 bits per heavy atom. The largest absolute Gasteiger partial charge is 0.497 e. The third-order valence-corrected chi connectivity index (χ3v) is 4.10. The van der Waals surface area contributed by atoms with Gasteiger partial charge in [0.2, 0.25) is 6.29 Å². The minimum absolute atomic E-state index is 0.0295. The zero-order valence-corrected chi connectivity index (χ0v) is 14.7. The van der Waals surface area contributed by atoms with Crippen LogP contribution in [0.3, 0.4) is 0 Å². The Balaban J connectivity index is 1.88. The summed E-state index contributed by atoms with van der Waals surface area (Å²) in [7, 11) is 1.48. The first-order chi connectivity index (χ1) is 12.0. The SMILES string of the molecule is COc1cc(Cl)cc(OC(=O)C2=Cc3cc(CCl)ccc3OC2O)c1. The lowest BCUT2D eigenvalue weighted by atomic mass is 10.0. The van der Waals surface area contributed by atoms with Crippen LogP contribution in [0.5, 0.6) is 17.2 Å². The number of hydrogen-bond donors (Lipinski definition) is 1. The Labute approximate surface area is 154 Å². The van der Waals surface area contributed by atoms with Crippen LogP contribution in [-0.4, -0.2) is 24.5 Å². The molecule has 130 valence electrons. The minimum Gasteiger partial charge on any atom is -0.497 e. The maximum atomic E-state index is 12.4. The molecule has 0 aliphatic carbocycles. The van der Waals surface area contributed by atoms with Crippen LogP contribution in [0.15, 0.2) is 42.0 Å². The zero-order chi connectivity index (χ0) is 18.0. The van der Waals surface area contributed by atoms with Crippen molar-refractivity contribution in [2.75, 3.05) is 7.11 Å². The van der Waals surface area contributed by atoms with Gasteiger partial charge in [-0.3, -0.25) is 0 Å². The fourth-order valence-electron chi connectivity index (χ4n) is 2.36. The second-order valence-corrected chi connectivity index (χ2v) is 6.00. The van der Waals surface area contributed by atoms with Crippen molar-refractivity contribution in [3.63, 3.8) is 0 Å². The molecular weight excluding hydrogens is 367 g/mol. The van der Waals surface area contributed by atoms with Gasteiger partial charge in [0.15, 0.2) is 0 Å². The van der Waals surface area contributed by atoms with Gasteiger partial charge in [0.05, 0.1) is 7.11 Å². The van der Waals surface area contributed by atoms with E-state index in [0.29, 0.717) is 28.0 Å². The van der Waals surface area contributed by atoms with E-state index in [4.69, 9.17) is 37.4 Å². The molecule has 1 aliphatic rings. The number of hydrogen-bond acceptors (Lipinski definition) is 5. The first kappa shape index (κ1) is 17.6. The van der Waals surface area contributed by atoms with Crippen molar-refractivity contribution in [2.45, 2.75) is 12.2 Å². The summed E-state index contributed by atoms with van der Waals surface area (Å²) >= 11 is 11.8. The molecule has 0 fully saturated rings. The molecule has 1 N–H and O–H groups in total. The molecule has 1 unspecified atom stereocenters. The summed E-state index contributed by atoms with van der Waals surface area (Å²) in [6.45, 7) is 0. The molecule has 2 aromatic carbocycles. The lowest BCUT2D eigenvalue weighted by Gasteiger charge is -2.22. The first-order valence-corrected chi connectivity index (χ1v) is 8.23. The lowest BCUT2D eigenvalue weighted by molar-refractivity contribution is -0.133. The zero-order valence-electron chi connectivity index (χ0n) is 13.2. The van der Waals surface area contributed by atoms with E-state index < -0.39 is 12.3 Å². The van der Waals surface area contributed by atoms with Gasteiger partial charge in [-0.1, -0.05) is 17.7 Å². The second kappa shape index (κ2) is 7.35. The number of ether oxygens (including phenoxy) is 3. The van der Waals surface area contributed by atoms with Gasteiger partial charge in [-0.25, -0.2) is 4.79 Å². The molecule has 0 saturated heterocycles. The van der Waals surface area contributed by atoms with E-state index in [1.807, 2.05) is 0 Å². The quantitative estimate of drug-likeness (QED) is 0.496. The van der Waals surface area contributed by atoms with Crippen LogP contribution in [0, 0.1) is 0 Å². The second-order valence-electron chi connectivity index (χ2n) is 5.29. The summed E-state index contributed by atoms with van der Waals surface area (Å²) in [6, 6.07) is 9.83. The van der Waals surface area contributed by atoms with Gasteiger partial charge in [0.1, 0.15) is 22.8 Å². The fraction of sp³-hybridized carbons (Fsp3) is 0.167. The van der Waals surface area contributed by atoms with Gasteiger partial charge in [-0.05, 0) is 35.9 Å². The number of benzene rings is 2. The molecule has 25 heavy (non-hydrogen) atoms. The number of rotatable bonds is 4. The van der Waals surface area contributed by atoms with Gasteiger partial charge in [-0.2, -0.15) is 0 Å². The summed E-state index contributed by atoms with van der Waals surface area (Å²) in [5.74, 6) is 0.678. The summed E-state index contributed by atoms with van der Waals surface area (Å²) in [6.07, 6.45) is 0.0897. The smallest absolute Gasteiger partial charge is 0.345 e. The van der Waals surface area contributed by atoms with Crippen LogP contribution in [-0.2, 0) is 10.7 Å². The van der Waals surface area contributed by atoms with Crippen LogP contribution in [0.4, 0.5) is 0 Å². The van der Waals surface area contributed by atoms with E-state index in [-0.39, 0.29) is 11.3 Å². The van der Waals surface area contributed by atoms with Gasteiger partial charge >= 0.3 is 5.97 Å². The Hall–Kier alpha value is -2.21. The molecule has 7 heteroatoms. The molecule has 5 nitrogen and oxygen atoms in total. The third-order valence-electron chi connectivity index (χ3n) is 3.57. The summed E-state index contributed by atoms with van der Waals surface area (Å²) in [5, 5.41) is 10.4. The van der Waals surface area contributed by atoms with Crippen LogP contribution in [0.25, 0.3) is 6.08 Å². The van der Waals surface area contributed by atoms with Gasteiger partial charge < -0.3 is 19.3 Å². The Morgan fingerprint density at radius 3 is 2.72 bits per heavy atom. The third kappa shape index (κ3) is 3.90. The molecular formula is C18H14Cl2O5. The van der Waals surface area contributed by atoms with E-state index in [0.717, 1.165) is 5.56 Å². The number of fused-ring (bicyclic) bond motifs is 1. The highest BCUT2D eigenvalue weighted by atomic mass is 35.5. The molecule has 1 atom stereocenters. The van der Waals surface area contributed by atoms with Crippen molar-refractivity contribution >= 4 is 35.2 Å². The van der Waals surface area contributed by atoms with Crippen molar-refractivity contribution in [2.24, 2.45) is 0 Å². The monoisotopic (exact) mass is 380 g/mol. The van der Waals surface area contributed by atoms with E-state index in [1.165, 1.54) is 25.3 Å². The number of aliphatic hydroxyl groups is 1. The highest BCUT2D eigenvalue weighted by Gasteiger charge is 2.28. The van der Waals surface area contributed by atoms with Crippen LogP contribution < -0.4 is 14.2 Å². The highest BCUT2D eigenvalue weighted by Crippen LogP contribution is 2.32. The average molecular weight is 381 g/mol. The molecule has 1 aliphatic heterocycles. The topological polar surface area (TPSA) is 65.0 Å². The fourth-order valence-corrected chi connectivity index (χ4v) is 2.74. The van der Waals surface area contributed by atoms with E-state index in [2.05, 4.69) is 0 Å². The van der Waals surface area contributed by atoms with Crippen molar-refractivity contribution in [3.05, 3.63) is 58.1 Å². The predicted octanol–water partition coefficient (Wildman–Crippen LogP) is 3.79. The normalized spacial score (nSPS) is 15.7. The van der Waals surface area contributed by atoms with Crippen LogP contribution in [0.1, 0.15) is 11.1 Å². The van der Waals surface area contributed by atoms with Gasteiger partial charge in [-0.15, -0.1) is 11.6 Å². The van der Waals surface area contributed by atoms with Crippen LogP contribution in [0.2, 0.25) is 5.02 Å². The lowest BCUT2D eigenvalue weighted by Crippen LogP contribution is -2.29. The Morgan fingerprint density at radius 2 is 2.00 bits per heavy atom. The number of alkyl halides is 1. The number of esters is 1. The molecule has 0 radical (unpaired) electrons. The Kier molecular flexibility index (Phi) is 5.18. The standard InChI is InChI=1S/C18H14Cl2O5/c1-23-13-6-12(20)7-14(8-13)24-17(21)15-5-11-4-10(9-19)2-3-16(11)25-18(15)22/h2-8,18,22H,9H2,1H3. The maximum Gasteiger partial charge on any atom is 0.345 e. The van der Waals surface area contributed by atoms with Crippen LogP contribution >= 0.6 is 23.2 Å². The van der Waals surface area contributed by atoms with E-state index in [9.17, 15) is 9.90 Å². The molecule has 0 saturated carbocycles. The average Bonchev–Trinajstić information content (AvgIpc) is 2.60. The molecule has 0 spiro atoms. The molecule has 1 heterocycles. The van der Waals surface area contributed by atoms with Crippen molar-refractivity contribution in [1.82, 2.24) is 0 Å². The maximum absolute atomic E-state index is 12.4. The molecule has 0 aromatic heterocycles. The van der Waals surface area contributed by atoms with E-state index in [1.54, 1.807) is 24.3 Å². The first-order valence-electron chi connectivity index (χ1n) is 7.32. The summed E-state index contributed by atoms with van der Waals surface area (Å²) in [5.41, 5.74) is 1.47. The number of carbonyl (C=O) groups is 1. The number of methoxy groups -OCH3 is 1. The number of halogens is 2. The molecule has 0 amide bonds. The Bertz CT molecular complexity index is 847. The molecule has 0 bridgehead atoms. The number of carbonyl (C=O) groups excluding carboxylic acids is 1. The predicted molar refractivity (Wildman–Crippen MR) is 94.2 cm³/mol. The summed E-state index contributed by atoms with van der Waals surface area (Å²) < 4.78 is 15.7. The molecule has 3 rings (SSSR count). The van der Waals surface area contributed by atoms with E-state index >= 15 is 0 Å². The minimum atomic E-state index is -1.43. The van der Waals surface area contributed by atoms with Crippen molar-refractivity contribution in [1.29, 1.82) is 0 Å². The van der Waals surface area contributed by atoms with Gasteiger partial charge in [0.25, 0.3) is 0 Å². The van der Waals surface area contributed by atoms with Gasteiger partial charge in [0, 0.05) is 22.5 Å². The number of aliphatic hydroxyl groups excluding tert-OH is 1. The highest BCUT2D eigenvalue weighted by molar-refractivity contribution is 6.30. The summed E-state index contributed by atoms with van der Waals surface area (Å²) in [4.78, 5) is 12.4. The van der Waals surface area contributed by atoms with Crippen molar-refractivity contribution < 1.29 is 24.1 Å².